The lowest BCUT2D eigenvalue weighted by molar-refractivity contribution is -0.122. The van der Waals surface area contributed by atoms with Crippen LogP contribution in [0.4, 0.5) is 20.6 Å². The second kappa shape index (κ2) is 14.5. The molecule has 0 aromatic heterocycles. The summed E-state index contributed by atoms with van der Waals surface area (Å²) in [7, 11) is 1.50. The predicted molar refractivity (Wildman–Crippen MR) is 210 cm³/mol. The van der Waals surface area contributed by atoms with E-state index in [2.05, 4.69) is 57.1 Å². The van der Waals surface area contributed by atoms with Gasteiger partial charge in [-0.1, -0.05) is 72.8 Å². The van der Waals surface area contributed by atoms with Gasteiger partial charge in [0.1, 0.15) is 18.0 Å². The molecule has 3 heterocycles. The number of amides is 4. The van der Waals surface area contributed by atoms with Crippen LogP contribution in [-0.4, -0.2) is 38.0 Å². The summed E-state index contributed by atoms with van der Waals surface area (Å²) in [6.07, 6.45) is 3.25. The quantitative estimate of drug-likeness (QED) is 0.0960. The van der Waals surface area contributed by atoms with Crippen molar-refractivity contribution < 1.29 is 28.2 Å². The average molecular weight is 820 g/mol. The van der Waals surface area contributed by atoms with Gasteiger partial charge in [0.15, 0.2) is 11.5 Å². The molecule has 1 saturated heterocycles. The molecule has 3 aliphatic rings. The van der Waals surface area contributed by atoms with E-state index in [1.807, 2.05) is 48.5 Å². The van der Waals surface area contributed by atoms with Gasteiger partial charge in [-0.15, -0.1) is 0 Å². The third-order valence-electron chi connectivity index (χ3n) is 10.2. The molecule has 0 aliphatic carbocycles. The summed E-state index contributed by atoms with van der Waals surface area (Å²) in [5.74, 6) is -0.847. The van der Waals surface area contributed by atoms with Crippen LogP contribution in [0.1, 0.15) is 58.1 Å². The summed E-state index contributed by atoms with van der Waals surface area (Å²) in [6, 6.07) is 33.3. The Labute approximate surface area is 320 Å². The van der Waals surface area contributed by atoms with Crippen LogP contribution in [0.2, 0.25) is 0 Å². The Morgan fingerprint density at radius 3 is 2.02 bits per heavy atom. The molecule has 0 radical (unpaired) electrons. The normalized spacial score (nSPS) is 18.8. The number of benzene rings is 5. The van der Waals surface area contributed by atoms with E-state index < -0.39 is 17.8 Å². The van der Waals surface area contributed by atoms with Crippen molar-refractivity contribution in [3.63, 3.8) is 0 Å². The number of barbiturate groups is 1. The van der Waals surface area contributed by atoms with E-state index in [0.717, 1.165) is 53.2 Å². The maximum atomic E-state index is 14.4. The Morgan fingerprint density at radius 1 is 0.830 bits per heavy atom. The van der Waals surface area contributed by atoms with Crippen LogP contribution in [-0.2, 0) is 16.2 Å². The molecule has 1 fully saturated rings. The number of nitrogens with zero attached hydrogens (tertiary/aromatic N) is 2. The number of hydrogen-bond donors (Lipinski definition) is 1. The number of carbonyl (C=O) groups excluding carboxylic acids is 3. The smallest absolute Gasteiger partial charge is 0.335 e. The minimum absolute atomic E-state index is 0.0635. The molecule has 0 saturated carbocycles. The molecular weight excluding hydrogens is 784 g/mol. The Hall–Kier alpha value is -5.49. The first kappa shape index (κ1) is 34.6. The maximum absolute atomic E-state index is 14.4. The van der Waals surface area contributed by atoms with E-state index in [1.54, 1.807) is 24.3 Å². The highest BCUT2D eigenvalue weighted by Gasteiger charge is 2.40. The molecule has 5 aromatic carbocycles. The molecule has 0 spiro atoms. The first-order valence-corrected chi connectivity index (χ1v) is 18.6. The number of imide groups is 2. The number of anilines is 2. The van der Waals surface area contributed by atoms with Crippen molar-refractivity contribution in [3.05, 3.63) is 158 Å². The molecule has 1 N–H and O–H groups in total. The zero-order valence-electron chi connectivity index (χ0n) is 28.9. The van der Waals surface area contributed by atoms with E-state index in [-0.39, 0.29) is 29.8 Å². The van der Waals surface area contributed by atoms with Crippen LogP contribution in [0, 0.1) is 9.39 Å². The standard InChI is InChI=1S/C43H35FIN3O5/c1-52-38-22-27(21-37(45)40(38)53-25-26-12-14-30(44)15-13-26)20-36-41(49)46-43(51)48(42(36)50)31-23-34-32(28-8-4-2-5-9-28)16-18-47-19-17-33(35(24-31)39(34)47)29-10-6-3-7-11-29/h2-15,20-24,32-33H,16-19,25H2,1H3,(H,46,49,51)/b36-20+/t32-,33-/m1/s1. The lowest BCUT2D eigenvalue weighted by Crippen LogP contribution is -2.54. The largest absolute Gasteiger partial charge is 0.493 e. The highest BCUT2D eigenvalue weighted by Crippen LogP contribution is 2.50. The summed E-state index contributed by atoms with van der Waals surface area (Å²) < 4.78 is 25.8. The van der Waals surface area contributed by atoms with Gasteiger partial charge >= 0.3 is 6.03 Å². The zero-order chi connectivity index (χ0) is 36.6. The van der Waals surface area contributed by atoms with E-state index in [4.69, 9.17) is 9.47 Å². The van der Waals surface area contributed by atoms with Gasteiger partial charge in [-0.2, -0.15) is 0 Å². The molecule has 53 heavy (non-hydrogen) atoms. The van der Waals surface area contributed by atoms with E-state index in [1.165, 1.54) is 36.4 Å². The molecule has 0 bridgehead atoms. The lowest BCUT2D eigenvalue weighted by atomic mass is 9.76. The molecule has 0 unspecified atom stereocenters. The highest BCUT2D eigenvalue weighted by molar-refractivity contribution is 14.1. The second-order valence-corrected chi connectivity index (χ2v) is 14.5. The van der Waals surface area contributed by atoms with Gasteiger partial charge in [0.25, 0.3) is 11.8 Å². The molecular formula is C43H35FIN3O5. The van der Waals surface area contributed by atoms with Crippen molar-refractivity contribution in [3.8, 4) is 11.5 Å². The van der Waals surface area contributed by atoms with Crippen molar-refractivity contribution in [1.29, 1.82) is 0 Å². The predicted octanol–water partition coefficient (Wildman–Crippen LogP) is 8.56. The van der Waals surface area contributed by atoms with Gasteiger partial charge in [0.05, 0.1) is 16.4 Å². The lowest BCUT2D eigenvalue weighted by Gasteiger charge is -2.44. The molecule has 2 atom stereocenters. The number of carbonyl (C=O) groups is 3. The first-order chi connectivity index (χ1) is 25.8. The monoisotopic (exact) mass is 819 g/mol. The molecule has 8 nitrogen and oxygen atoms in total. The number of rotatable bonds is 8. The van der Waals surface area contributed by atoms with Crippen molar-refractivity contribution in [2.24, 2.45) is 0 Å². The van der Waals surface area contributed by atoms with Crippen LogP contribution >= 0.6 is 22.6 Å². The third-order valence-corrected chi connectivity index (χ3v) is 11.0. The summed E-state index contributed by atoms with van der Waals surface area (Å²) in [5.41, 5.74) is 7.16. The Kier molecular flexibility index (Phi) is 9.46. The topological polar surface area (TPSA) is 88.2 Å². The first-order valence-electron chi connectivity index (χ1n) is 17.5. The number of hydrogen-bond acceptors (Lipinski definition) is 6. The fourth-order valence-corrected chi connectivity index (χ4v) is 8.51. The van der Waals surface area contributed by atoms with Crippen molar-refractivity contribution >= 4 is 57.9 Å². The third kappa shape index (κ3) is 6.67. The van der Waals surface area contributed by atoms with Crippen LogP contribution in [0.5, 0.6) is 11.5 Å². The average Bonchev–Trinajstić information content (AvgIpc) is 3.17. The Balaban J connectivity index is 1.18. The Bertz CT molecular complexity index is 2190. The van der Waals surface area contributed by atoms with Crippen molar-refractivity contribution in [2.45, 2.75) is 31.3 Å². The minimum atomic E-state index is -0.794. The molecule has 10 heteroatoms. The van der Waals surface area contributed by atoms with Gasteiger partial charge in [-0.05, 0) is 111 Å². The van der Waals surface area contributed by atoms with Gasteiger partial charge in [0, 0.05) is 30.6 Å². The molecule has 8 rings (SSSR count). The highest BCUT2D eigenvalue weighted by atomic mass is 127. The van der Waals surface area contributed by atoms with Crippen LogP contribution < -0.4 is 24.6 Å². The summed E-state index contributed by atoms with van der Waals surface area (Å²) in [5, 5.41) is 2.42. The van der Waals surface area contributed by atoms with E-state index in [0.29, 0.717) is 26.3 Å². The SMILES string of the molecule is COc1cc(/C=C2\C(=O)NC(=O)N(c3cc4c5c(c3)[C@@H](c3ccccc3)CCN5CC[C@@H]4c3ccccc3)C2=O)cc(I)c1OCc1ccc(F)cc1. The molecule has 5 aromatic rings. The molecule has 4 amide bonds. The zero-order valence-corrected chi connectivity index (χ0v) is 31.0. The summed E-state index contributed by atoms with van der Waals surface area (Å²) >= 11 is 2.10. The van der Waals surface area contributed by atoms with Crippen LogP contribution in [0.15, 0.2) is 115 Å². The van der Waals surface area contributed by atoms with Gasteiger partial charge < -0.3 is 14.4 Å². The minimum Gasteiger partial charge on any atom is -0.493 e. The fourth-order valence-electron chi connectivity index (χ4n) is 7.73. The summed E-state index contributed by atoms with van der Waals surface area (Å²) in [6.45, 7) is 1.99. The van der Waals surface area contributed by atoms with Crippen LogP contribution in [0.3, 0.4) is 0 Å². The van der Waals surface area contributed by atoms with Crippen molar-refractivity contribution in [1.82, 2.24) is 5.32 Å². The number of ether oxygens (including phenoxy) is 2. The number of nitrogens with one attached hydrogen (secondary N) is 1. The maximum Gasteiger partial charge on any atom is 0.335 e. The number of urea groups is 1. The second-order valence-electron chi connectivity index (χ2n) is 13.4. The summed E-state index contributed by atoms with van der Waals surface area (Å²) in [4.78, 5) is 44.9. The molecule has 266 valence electrons. The Morgan fingerprint density at radius 2 is 1.43 bits per heavy atom. The molecule has 3 aliphatic heterocycles. The van der Waals surface area contributed by atoms with Gasteiger partial charge in [-0.25, -0.2) is 14.1 Å². The van der Waals surface area contributed by atoms with Gasteiger partial charge in [0.2, 0.25) is 0 Å². The van der Waals surface area contributed by atoms with Crippen molar-refractivity contribution in [2.75, 3.05) is 30.0 Å². The fraction of sp³-hybridized carbons (Fsp3) is 0.186. The number of halogens is 2. The number of methoxy groups -OCH3 is 1. The van der Waals surface area contributed by atoms with Gasteiger partial charge in [-0.3, -0.25) is 14.9 Å². The van der Waals surface area contributed by atoms with E-state index >= 15 is 0 Å². The van der Waals surface area contributed by atoms with E-state index in [9.17, 15) is 18.8 Å². The van der Waals surface area contributed by atoms with Crippen LogP contribution in [0.25, 0.3) is 6.08 Å².